The Bertz CT molecular complexity index is 1010. The van der Waals surface area contributed by atoms with Crippen molar-refractivity contribution >= 4 is 23.5 Å². The Kier molecular flexibility index (Phi) is 7.44. The number of aliphatic carboxylic acids is 1. The molecule has 4 atom stereocenters. The number of carboxylic acids is 1. The quantitative estimate of drug-likeness (QED) is 0.444. The molecule has 1 aliphatic heterocycles. The third kappa shape index (κ3) is 5.48. The van der Waals surface area contributed by atoms with E-state index in [1.165, 1.54) is 16.7 Å². The molecule has 0 saturated heterocycles. The largest absolute Gasteiger partial charge is 0.481 e. The van der Waals surface area contributed by atoms with Gasteiger partial charge < -0.3 is 10.0 Å². The highest BCUT2D eigenvalue weighted by molar-refractivity contribution is 6.31. The van der Waals surface area contributed by atoms with Gasteiger partial charge in [0.1, 0.15) is 0 Å². The van der Waals surface area contributed by atoms with Gasteiger partial charge in [-0.2, -0.15) is 0 Å². The van der Waals surface area contributed by atoms with E-state index in [9.17, 15) is 14.7 Å². The predicted molar refractivity (Wildman–Crippen MR) is 141 cm³/mol. The first kappa shape index (κ1) is 26.3. The highest BCUT2D eigenvalue weighted by Gasteiger charge is 2.48. The van der Waals surface area contributed by atoms with E-state index in [-0.39, 0.29) is 28.7 Å². The van der Waals surface area contributed by atoms with Crippen LogP contribution in [-0.2, 0) is 21.4 Å². The van der Waals surface area contributed by atoms with E-state index >= 15 is 0 Å². The van der Waals surface area contributed by atoms with Gasteiger partial charge in [-0.05, 0) is 91.4 Å². The molecule has 4 nitrogen and oxygen atoms in total. The zero-order valence-corrected chi connectivity index (χ0v) is 22.8. The van der Waals surface area contributed by atoms with Crippen LogP contribution in [0.15, 0.2) is 30.0 Å². The Labute approximate surface area is 216 Å². The first-order valence-electron chi connectivity index (χ1n) is 13.4. The summed E-state index contributed by atoms with van der Waals surface area (Å²) in [6.07, 6.45) is 9.63. The summed E-state index contributed by atoms with van der Waals surface area (Å²) in [6.45, 7) is 11.3. The number of nitrogens with zero attached hydrogens (tertiary/aromatic N) is 1. The summed E-state index contributed by atoms with van der Waals surface area (Å²) in [6, 6.07) is 6.52. The van der Waals surface area contributed by atoms with Crippen molar-refractivity contribution in [3.63, 3.8) is 0 Å². The first-order chi connectivity index (χ1) is 16.4. The molecule has 0 spiro atoms. The second kappa shape index (κ2) is 9.92. The fraction of sp³-hybridized carbons (Fsp3) is 0.667. The fourth-order valence-electron chi connectivity index (χ4n) is 6.44. The maximum absolute atomic E-state index is 13.6. The van der Waals surface area contributed by atoms with Gasteiger partial charge in [0.2, 0.25) is 5.91 Å². The molecule has 1 aromatic carbocycles. The fourth-order valence-corrected chi connectivity index (χ4v) is 6.72. The highest BCUT2D eigenvalue weighted by Crippen LogP contribution is 2.52. The molecule has 0 radical (unpaired) electrons. The second-order valence-electron chi connectivity index (χ2n) is 12.8. The minimum absolute atomic E-state index is 0.00288. The SMILES string of the molecule is CC(C)C1CC[C@@]2(c3ccc(CCC(C)(C)C)c(Cl)c3)CC(=O)N([C@H]3CC[C@@H](C(=O)O)C3)C=C2C1. The molecule has 35 heavy (non-hydrogen) atoms. The normalized spacial score (nSPS) is 29.3. The van der Waals surface area contributed by atoms with Gasteiger partial charge in [0.05, 0.1) is 5.92 Å². The average molecular weight is 500 g/mol. The molecule has 1 aromatic rings. The lowest BCUT2D eigenvalue weighted by molar-refractivity contribution is -0.142. The maximum atomic E-state index is 13.6. The van der Waals surface area contributed by atoms with Gasteiger partial charge in [-0.25, -0.2) is 0 Å². The third-order valence-corrected chi connectivity index (χ3v) is 9.27. The van der Waals surface area contributed by atoms with Crippen LogP contribution in [-0.4, -0.2) is 27.9 Å². The number of amides is 1. The number of carbonyl (C=O) groups is 2. The molecule has 2 saturated carbocycles. The van der Waals surface area contributed by atoms with Crippen molar-refractivity contribution in [3.05, 3.63) is 46.1 Å². The number of aryl methyl sites for hydroxylation is 1. The van der Waals surface area contributed by atoms with Gasteiger partial charge in [0.15, 0.2) is 0 Å². The smallest absolute Gasteiger partial charge is 0.306 e. The van der Waals surface area contributed by atoms with Gasteiger partial charge in [0.25, 0.3) is 0 Å². The molecule has 1 amide bonds. The molecule has 5 heteroatoms. The molecule has 1 unspecified atom stereocenters. The molecular weight excluding hydrogens is 458 g/mol. The van der Waals surface area contributed by atoms with Crippen LogP contribution < -0.4 is 0 Å². The number of rotatable bonds is 6. The zero-order chi connectivity index (χ0) is 25.5. The lowest BCUT2D eigenvalue weighted by Gasteiger charge is -2.48. The van der Waals surface area contributed by atoms with Crippen LogP contribution in [0.5, 0.6) is 0 Å². The molecule has 3 aliphatic rings. The number of allylic oxidation sites excluding steroid dienone is 1. The standard InChI is InChI=1S/C30H42ClNO3/c1-19(2)21-11-13-30(23-8-6-20(26(31)16-23)10-12-29(3,4)5)17-27(33)32(18-24(30)14-21)25-9-7-22(15-25)28(34)35/h6,8,16,18-19,21-22,25H,7,9-15,17H2,1-5H3,(H,34,35)/t21?,22-,25+,30+/m1/s1. The van der Waals surface area contributed by atoms with Crippen LogP contribution in [0, 0.1) is 23.2 Å². The molecule has 0 bridgehead atoms. The number of fused-ring (bicyclic) bond motifs is 1. The van der Waals surface area contributed by atoms with Gasteiger partial charge in [-0.3, -0.25) is 9.59 Å². The van der Waals surface area contributed by atoms with Crippen molar-refractivity contribution in [1.29, 1.82) is 0 Å². The van der Waals surface area contributed by atoms with Crippen molar-refractivity contribution in [3.8, 4) is 0 Å². The topological polar surface area (TPSA) is 57.6 Å². The number of carbonyl (C=O) groups excluding carboxylic acids is 1. The van der Waals surface area contributed by atoms with Crippen LogP contribution in [0.4, 0.5) is 0 Å². The summed E-state index contributed by atoms with van der Waals surface area (Å²) in [5.41, 5.74) is 3.64. The summed E-state index contributed by atoms with van der Waals surface area (Å²) in [4.78, 5) is 27.0. The lowest BCUT2D eigenvalue weighted by Crippen LogP contribution is -2.48. The van der Waals surface area contributed by atoms with Crippen LogP contribution in [0.3, 0.4) is 0 Å². The number of carboxylic acid groups (broad SMARTS) is 1. The molecule has 4 rings (SSSR count). The number of hydrogen-bond donors (Lipinski definition) is 1. The van der Waals surface area contributed by atoms with Crippen LogP contribution >= 0.6 is 11.6 Å². The van der Waals surface area contributed by atoms with Crippen LogP contribution in [0.25, 0.3) is 0 Å². The zero-order valence-electron chi connectivity index (χ0n) is 22.1. The first-order valence-corrected chi connectivity index (χ1v) is 13.8. The molecule has 2 fully saturated rings. The van der Waals surface area contributed by atoms with Gasteiger partial charge in [-0.15, -0.1) is 0 Å². The van der Waals surface area contributed by atoms with Crippen molar-refractivity contribution < 1.29 is 14.7 Å². The minimum Gasteiger partial charge on any atom is -0.481 e. The highest BCUT2D eigenvalue weighted by atomic mass is 35.5. The summed E-state index contributed by atoms with van der Waals surface area (Å²) in [7, 11) is 0. The summed E-state index contributed by atoms with van der Waals surface area (Å²) in [5, 5.41) is 10.3. The second-order valence-corrected chi connectivity index (χ2v) is 13.2. The van der Waals surface area contributed by atoms with Gasteiger partial charge in [0, 0.05) is 29.1 Å². The van der Waals surface area contributed by atoms with E-state index < -0.39 is 5.97 Å². The average Bonchev–Trinajstić information content (AvgIpc) is 3.27. The van der Waals surface area contributed by atoms with Gasteiger partial charge >= 0.3 is 5.97 Å². The number of hydrogen-bond acceptors (Lipinski definition) is 2. The van der Waals surface area contributed by atoms with Crippen LogP contribution in [0.2, 0.25) is 5.02 Å². The Balaban J connectivity index is 1.67. The van der Waals surface area contributed by atoms with E-state index in [1.807, 2.05) is 4.90 Å². The van der Waals surface area contributed by atoms with Crippen molar-refractivity contribution in [2.75, 3.05) is 0 Å². The molecule has 2 aliphatic carbocycles. The van der Waals surface area contributed by atoms with Crippen molar-refractivity contribution in [2.45, 2.75) is 104 Å². The maximum Gasteiger partial charge on any atom is 0.306 e. The molecule has 0 aromatic heterocycles. The van der Waals surface area contributed by atoms with Crippen molar-refractivity contribution in [1.82, 2.24) is 4.90 Å². The summed E-state index contributed by atoms with van der Waals surface area (Å²) in [5.74, 6) is 0.234. The summed E-state index contributed by atoms with van der Waals surface area (Å²) < 4.78 is 0. The van der Waals surface area contributed by atoms with Gasteiger partial charge in [-0.1, -0.05) is 58.4 Å². The number of halogens is 1. The van der Waals surface area contributed by atoms with E-state index in [4.69, 9.17) is 11.6 Å². The Morgan fingerprint density at radius 1 is 1.23 bits per heavy atom. The van der Waals surface area contributed by atoms with E-state index in [2.05, 4.69) is 59.0 Å². The Morgan fingerprint density at radius 3 is 2.57 bits per heavy atom. The van der Waals surface area contributed by atoms with Crippen LogP contribution in [0.1, 0.15) is 97.1 Å². The molecule has 1 heterocycles. The Morgan fingerprint density at radius 2 is 1.97 bits per heavy atom. The van der Waals surface area contributed by atoms with E-state index in [0.29, 0.717) is 31.1 Å². The molecule has 192 valence electrons. The predicted octanol–water partition coefficient (Wildman–Crippen LogP) is 7.38. The van der Waals surface area contributed by atoms with Crippen molar-refractivity contribution in [2.24, 2.45) is 23.2 Å². The van der Waals surface area contributed by atoms with E-state index in [1.54, 1.807) is 0 Å². The molecular formula is C30H42ClNO3. The minimum atomic E-state index is -0.738. The van der Waals surface area contributed by atoms with E-state index in [0.717, 1.165) is 43.5 Å². The summed E-state index contributed by atoms with van der Waals surface area (Å²) >= 11 is 6.83. The lowest BCUT2D eigenvalue weighted by atomic mass is 9.59. The third-order valence-electron chi connectivity index (χ3n) is 8.91. The number of benzene rings is 1. The Hall–Kier alpha value is -1.81. The monoisotopic (exact) mass is 499 g/mol. The molecule has 1 N–H and O–H groups in total.